The summed E-state index contributed by atoms with van der Waals surface area (Å²) in [6, 6.07) is 8.50. The minimum absolute atomic E-state index is 0. The number of nitrogens with zero attached hydrogens (tertiary/aromatic N) is 4. The van der Waals surface area contributed by atoms with Crippen molar-refractivity contribution in [1.82, 2.24) is 19.9 Å². The second kappa shape index (κ2) is 12.2. The number of hydrogen-bond donors (Lipinski definition) is 1. The van der Waals surface area contributed by atoms with Crippen molar-refractivity contribution in [1.29, 1.82) is 0 Å². The van der Waals surface area contributed by atoms with Crippen LogP contribution in [0.5, 0.6) is 0 Å². The monoisotopic (exact) mass is 535 g/mol. The minimum Gasteiger partial charge on any atom is -0.657 e. The van der Waals surface area contributed by atoms with Gasteiger partial charge in [0.15, 0.2) is 0 Å². The zero-order valence-electron chi connectivity index (χ0n) is 22.0. The van der Waals surface area contributed by atoms with Crippen LogP contribution in [0.3, 0.4) is 0 Å². The molecular weight excluding hydrogens is 503 g/mol. The largest absolute Gasteiger partial charge is 2.00 e. The molecule has 0 unspecified atom stereocenters. The average Bonchev–Trinajstić information content (AvgIpc) is 3.65. The Morgan fingerprint density at radius 3 is 1.03 bits per heavy atom. The molecule has 3 aromatic rings. The fourth-order valence-corrected chi connectivity index (χ4v) is 4.77. The van der Waals surface area contributed by atoms with Crippen LogP contribution >= 0.6 is 0 Å². The third-order valence-electron chi connectivity index (χ3n) is 6.45. The van der Waals surface area contributed by atoms with E-state index in [9.17, 15) is 0 Å². The molecule has 7 heteroatoms. The van der Waals surface area contributed by atoms with E-state index in [1.165, 1.54) is 22.3 Å². The Morgan fingerprint density at radius 1 is 0.622 bits per heavy atom. The zero-order chi connectivity index (χ0) is 25.8. The molecule has 191 valence electrons. The molecule has 0 amide bonds. The molecule has 5 heterocycles. The van der Waals surface area contributed by atoms with Gasteiger partial charge in [-0.25, -0.2) is 9.97 Å². The minimum atomic E-state index is -0.833. The van der Waals surface area contributed by atoms with E-state index >= 15 is 0 Å². The van der Waals surface area contributed by atoms with Crippen LogP contribution in [0.15, 0.2) is 24.3 Å². The number of aryl methyl sites for hydroxylation is 4. The van der Waals surface area contributed by atoms with Crippen LogP contribution < -0.4 is 9.97 Å². The van der Waals surface area contributed by atoms with Gasteiger partial charge in [-0.05, 0) is 72.2 Å². The molecule has 1 N–H and O–H groups in total. The quantitative estimate of drug-likeness (QED) is 0.274. The van der Waals surface area contributed by atoms with Crippen molar-refractivity contribution in [2.24, 2.45) is 0 Å². The summed E-state index contributed by atoms with van der Waals surface area (Å²) in [5.41, 5.74) is 12.7. The van der Waals surface area contributed by atoms with Gasteiger partial charge >= 0.3 is 17.1 Å². The first kappa shape index (κ1) is 28.2. The second-order valence-corrected chi connectivity index (χ2v) is 8.71. The summed E-state index contributed by atoms with van der Waals surface area (Å²) in [5.74, 6) is -0.833. The van der Waals surface area contributed by atoms with Gasteiger partial charge in [-0.3, -0.25) is 4.79 Å². The summed E-state index contributed by atoms with van der Waals surface area (Å²) in [5, 5.41) is 7.42. The maximum absolute atomic E-state index is 9.00. The first-order valence-electron chi connectivity index (χ1n) is 12.6. The molecule has 0 fully saturated rings. The summed E-state index contributed by atoms with van der Waals surface area (Å²) >= 11 is 0. The van der Waals surface area contributed by atoms with Crippen LogP contribution in [0.25, 0.3) is 46.4 Å². The van der Waals surface area contributed by atoms with Gasteiger partial charge in [0.2, 0.25) is 0 Å². The number of aliphatic carboxylic acids is 1. The van der Waals surface area contributed by atoms with E-state index in [-0.39, 0.29) is 17.1 Å². The van der Waals surface area contributed by atoms with Gasteiger partial charge in [0.25, 0.3) is 5.97 Å². The molecule has 0 aromatic carbocycles. The molecule has 0 saturated heterocycles. The number of carboxylic acids is 1. The van der Waals surface area contributed by atoms with Crippen LogP contribution in [0.4, 0.5) is 0 Å². The number of aromatic nitrogens is 4. The summed E-state index contributed by atoms with van der Waals surface area (Å²) < 4.78 is 0. The molecule has 0 aliphatic carbocycles. The topological polar surface area (TPSA) is 91.3 Å². The number of fused-ring (bicyclic) bond motifs is 8. The Kier molecular flexibility index (Phi) is 9.30. The standard InChI is InChI=1S/C28H28N4.C2H4O2.Mn/c1-5-17-21-9-11-23(29-21)18(6-2)25-13-15-27(31-25)20(8-4)28-16-14-26(32-28)19(7-3)24-12-10-22(17)30-24;1-2(3)4;/h9-16H,5-8H2,1-4H3;1H3,(H,3,4);/q-2;;+2. The maximum atomic E-state index is 9.00. The molecular formula is C30H32MnN4O2. The van der Waals surface area contributed by atoms with E-state index in [1.807, 2.05) is 0 Å². The van der Waals surface area contributed by atoms with Gasteiger partial charge in [0, 0.05) is 6.92 Å². The van der Waals surface area contributed by atoms with Crippen molar-refractivity contribution in [3.63, 3.8) is 0 Å². The molecule has 5 rings (SSSR count). The fraction of sp³-hybridized carbons (Fsp3) is 0.300. The maximum Gasteiger partial charge on any atom is 2.00 e. The van der Waals surface area contributed by atoms with Crippen LogP contribution in [0, 0.1) is 0 Å². The predicted molar refractivity (Wildman–Crippen MR) is 148 cm³/mol. The van der Waals surface area contributed by atoms with E-state index in [2.05, 4.69) is 76.3 Å². The number of rotatable bonds is 4. The van der Waals surface area contributed by atoms with Gasteiger partial charge in [-0.1, -0.05) is 52.0 Å². The number of carboxylic acid groups (broad SMARTS) is 1. The van der Waals surface area contributed by atoms with E-state index in [0.29, 0.717) is 0 Å². The van der Waals surface area contributed by atoms with Crippen LogP contribution in [-0.4, -0.2) is 21.0 Å². The van der Waals surface area contributed by atoms with Crippen molar-refractivity contribution in [2.75, 3.05) is 0 Å². The Hall–Kier alpha value is -3.41. The van der Waals surface area contributed by atoms with Crippen molar-refractivity contribution in [3.8, 4) is 0 Å². The van der Waals surface area contributed by atoms with Gasteiger partial charge < -0.3 is 15.1 Å². The third-order valence-corrected chi connectivity index (χ3v) is 6.45. The Labute approximate surface area is 228 Å². The van der Waals surface area contributed by atoms with Crippen molar-refractivity contribution in [2.45, 2.75) is 60.3 Å². The van der Waals surface area contributed by atoms with Crippen LogP contribution in [-0.2, 0) is 47.5 Å². The SMILES string of the molecule is CC(=O)O.CCc1c2nc(c(CC)c3ccc([n-]3)c(CC)c3nc(c(CC)c4ccc1[n-]4)C=C3)C=C2.[Mn+2]. The van der Waals surface area contributed by atoms with Gasteiger partial charge in [-0.2, -0.15) is 0 Å². The zero-order valence-corrected chi connectivity index (χ0v) is 23.1. The first-order chi connectivity index (χ1) is 17.4. The van der Waals surface area contributed by atoms with Crippen molar-refractivity contribution < 1.29 is 27.0 Å². The van der Waals surface area contributed by atoms with Gasteiger partial charge in [-0.15, -0.1) is 22.1 Å². The molecule has 8 bridgehead atoms. The van der Waals surface area contributed by atoms with E-state index in [1.54, 1.807) is 0 Å². The molecule has 1 radical (unpaired) electrons. The summed E-state index contributed by atoms with van der Waals surface area (Å²) in [6.45, 7) is 9.76. The molecule has 0 atom stereocenters. The second-order valence-electron chi connectivity index (χ2n) is 8.71. The molecule has 37 heavy (non-hydrogen) atoms. The van der Waals surface area contributed by atoms with Gasteiger partial charge in [0.1, 0.15) is 0 Å². The number of carbonyl (C=O) groups is 1. The van der Waals surface area contributed by atoms with Crippen molar-refractivity contribution >= 4 is 52.3 Å². The van der Waals surface area contributed by atoms with E-state index in [0.717, 1.165) is 77.4 Å². The molecule has 6 nitrogen and oxygen atoms in total. The van der Waals surface area contributed by atoms with E-state index < -0.39 is 5.97 Å². The van der Waals surface area contributed by atoms with Crippen LogP contribution in [0.1, 0.15) is 79.6 Å². The van der Waals surface area contributed by atoms with Crippen molar-refractivity contribution in [3.05, 3.63) is 69.3 Å². The van der Waals surface area contributed by atoms with Crippen LogP contribution in [0.2, 0.25) is 0 Å². The Bertz CT molecular complexity index is 1320. The van der Waals surface area contributed by atoms with E-state index in [4.69, 9.17) is 29.8 Å². The molecule has 3 aromatic heterocycles. The third kappa shape index (κ3) is 5.79. The number of hydrogen-bond acceptors (Lipinski definition) is 3. The molecule has 2 aliphatic rings. The average molecular weight is 536 g/mol. The molecule has 2 aliphatic heterocycles. The van der Waals surface area contributed by atoms with Gasteiger partial charge in [0.05, 0.1) is 22.8 Å². The molecule has 0 saturated carbocycles. The summed E-state index contributed by atoms with van der Waals surface area (Å²) in [6.07, 6.45) is 12.0. The molecule has 0 spiro atoms. The fourth-order valence-electron chi connectivity index (χ4n) is 4.77. The summed E-state index contributed by atoms with van der Waals surface area (Å²) in [7, 11) is 0. The Balaban J connectivity index is 0.000000711. The normalized spacial score (nSPS) is 11.6. The Morgan fingerprint density at radius 2 is 0.838 bits per heavy atom. The first-order valence-corrected chi connectivity index (χ1v) is 12.6. The predicted octanol–water partition coefficient (Wildman–Crippen LogP) is 6.25. The smallest absolute Gasteiger partial charge is 0.657 e. The summed E-state index contributed by atoms with van der Waals surface area (Å²) in [4.78, 5) is 29.1.